The monoisotopic (exact) mass is 441 g/mol. The number of nitro benzene ring substituents is 1. The summed E-state index contributed by atoms with van der Waals surface area (Å²) in [7, 11) is 0. The highest BCUT2D eigenvalue weighted by atomic mass is 35.5. The van der Waals surface area contributed by atoms with Crippen LogP contribution in [0.4, 0.5) is 21.5 Å². The van der Waals surface area contributed by atoms with Gasteiger partial charge in [0.25, 0.3) is 5.69 Å². The Morgan fingerprint density at radius 3 is 2.68 bits per heavy atom. The molecule has 1 heterocycles. The number of nitrogens with zero attached hydrogens (tertiary/aromatic N) is 2. The maximum Gasteiger partial charge on any atom is 0.292 e. The van der Waals surface area contributed by atoms with Crippen LogP contribution in [0, 0.1) is 15.9 Å². The van der Waals surface area contributed by atoms with Crippen LogP contribution in [0.15, 0.2) is 54.6 Å². The third-order valence-corrected chi connectivity index (χ3v) is 5.52. The first kappa shape index (κ1) is 20.9. The number of nitro groups is 1. The lowest BCUT2D eigenvalue weighted by atomic mass is 10.1. The number of nitrogens with one attached hydrogen (secondary N) is 1. The largest absolute Gasteiger partial charge is 0.457 e. The molecule has 1 aliphatic rings. The number of fused-ring (bicyclic) bond motifs is 1. The van der Waals surface area contributed by atoms with E-state index in [9.17, 15) is 14.5 Å². The van der Waals surface area contributed by atoms with Crippen molar-refractivity contribution in [2.45, 2.75) is 19.9 Å². The van der Waals surface area contributed by atoms with Gasteiger partial charge in [0.15, 0.2) is 0 Å². The molecular weight excluding hydrogens is 421 g/mol. The van der Waals surface area contributed by atoms with Crippen molar-refractivity contribution in [2.75, 3.05) is 23.3 Å². The maximum absolute atomic E-state index is 14.1. The summed E-state index contributed by atoms with van der Waals surface area (Å²) in [6, 6.07) is 14.4. The van der Waals surface area contributed by atoms with Crippen LogP contribution in [-0.4, -0.2) is 18.0 Å². The van der Waals surface area contributed by atoms with Crippen molar-refractivity contribution >= 4 is 28.7 Å². The Morgan fingerprint density at radius 1 is 1.19 bits per heavy atom. The quantitative estimate of drug-likeness (QED) is 0.350. The Balaban J connectivity index is 1.72. The van der Waals surface area contributed by atoms with Gasteiger partial charge in [0.2, 0.25) is 0 Å². The SMILES string of the molecule is CCN(Cc1cc(F)ccc1Oc1ccc(Cl)cc1)c1c([N+](=O)[O-])ccc2c1CCN2. The van der Waals surface area contributed by atoms with Crippen molar-refractivity contribution < 1.29 is 14.1 Å². The smallest absolute Gasteiger partial charge is 0.292 e. The van der Waals surface area contributed by atoms with Gasteiger partial charge in [-0.15, -0.1) is 0 Å². The topological polar surface area (TPSA) is 67.6 Å². The fourth-order valence-electron chi connectivity index (χ4n) is 3.82. The first-order valence-corrected chi connectivity index (χ1v) is 10.3. The molecule has 160 valence electrons. The molecule has 4 rings (SSSR count). The van der Waals surface area contributed by atoms with Gasteiger partial charge in [0, 0.05) is 47.5 Å². The zero-order chi connectivity index (χ0) is 22.0. The Morgan fingerprint density at radius 2 is 1.97 bits per heavy atom. The Kier molecular flexibility index (Phi) is 5.95. The number of benzene rings is 3. The summed E-state index contributed by atoms with van der Waals surface area (Å²) >= 11 is 5.94. The fraction of sp³-hybridized carbons (Fsp3) is 0.217. The summed E-state index contributed by atoms with van der Waals surface area (Å²) < 4.78 is 20.1. The normalized spacial score (nSPS) is 12.2. The molecule has 6 nitrogen and oxygen atoms in total. The van der Waals surface area contributed by atoms with Gasteiger partial charge in [-0.1, -0.05) is 11.6 Å². The molecule has 1 N–H and O–H groups in total. The van der Waals surface area contributed by atoms with Gasteiger partial charge in [-0.3, -0.25) is 10.1 Å². The van der Waals surface area contributed by atoms with Crippen molar-refractivity contribution in [2.24, 2.45) is 0 Å². The lowest BCUT2D eigenvalue weighted by Gasteiger charge is -2.26. The summed E-state index contributed by atoms with van der Waals surface area (Å²) in [5.41, 5.74) is 3.01. The Hall–Kier alpha value is -3.32. The van der Waals surface area contributed by atoms with E-state index in [1.807, 2.05) is 11.8 Å². The van der Waals surface area contributed by atoms with E-state index < -0.39 is 5.82 Å². The molecule has 0 saturated carbocycles. The lowest BCUT2D eigenvalue weighted by Crippen LogP contribution is -2.24. The van der Waals surface area contributed by atoms with Crippen LogP contribution < -0.4 is 15.0 Å². The molecule has 0 saturated heterocycles. The predicted octanol–water partition coefficient (Wildman–Crippen LogP) is 6.17. The first-order valence-electron chi connectivity index (χ1n) is 9.97. The van der Waals surface area contributed by atoms with Crippen LogP contribution in [0.5, 0.6) is 11.5 Å². The van der Waals surface area contributed by atoms with Gasteiger partial charge < -0.3 is 15.0 Å². The molecule has 0 aliphatic carbocycles. The van der Waals surface area contributed by atoms with Crippen molar-refractivity contribution in [3.63, 3.8) is 0 Å². The van der Waals surface area contributed by atoms with E-state index >= 15 is 0 Å². The number of halogens is 2. The highest BCUT2D eigenvalue weighted by Crippen LogP contribution is 2.41. The van der Waals surface area contributed by atoms with E-state index in [0.717, 1.165) is 17.8 Å². The van der Waals surface area contributed by atoms with Gasteiger partial charge >= 0.3 is 0 Å². The van der Waals surface area contributed by atoms with Gasteiger partial charge in [-0.25, -0.2) is 4.39 Å². The van der Waals surface area contributed by atoms with Crippen molar-refractivity contribution in [1.82, 2.24) is 0 Å². The van der Waals surface area contributed by atoms with Crippen LogP contribution >= 0.6 is 11.6 Å². The summed E-state index contributed by atoms with van der Waals surface area (Å²) in [5, 5.41) is 15.6. The highest BCUT2D eigenvalue weighted by molar-refractivity contribution is 6.30. The van der Waals surface area contributed by atoms with Crippen LogP contribution in [0.1, 0.15) is 18.1 Å². The van der Waals surface area contributed by atoms with Crippen LogP contribution in [-0.2, 0) is 13.0 Å². The predicted molar refractivity (Wildman–Crippen MR) is 120 cm³/mol. The Labute approximate surface area is 184 Å². The molecule has 0 unspecified atom stereocenters. The van der Waals surface area contributed by atoms with Gasteiger partial charge in [-0.05, 0) is 61.9 Å². The highest BCUT2D eigenvalue weighted by Gasteiger charge is 2.28. The molecule has 0 amide bonds. The van der Waals surface area contributed by atoms with Gasteiger partial charge in [0.05, 0.1) is 4.92 Å². The van der Waals surface area contributed by atoms with E-state index in [2.05, 4.69) is 5.32 Å². The summed E-state index contributed by atoms with van der Waals surface area (Å²) in [5.74, 6) is 0.649. The van der Waals surface area contributed by atoms with Crippen LogP contribution in [0.25, 0.3) is 0 Å². The van der Waals surface area contributed by atoms with E-state index in [-0.39, 0.29) is 17.2 Å². The second kappa shape index (κ2) is 8.81. The van der Waals surface area contributed by atoms with Crippen molar-refractivity contribution in [1.29, 1.82) is 0 Å². The number of hydrogen-bond donors (Lipinski definition) is 1. The number of ether oxygens (including phenoxy) is 1. The molecule has 0 bridgehead atoms. The molecule has 0 fully saturated rings. The Bertz CT molecular complexity index is 1120. The number of anilines is 2. The van der Waals surface area contributed by atoms with Crippen molar-refractivity contribution in [3.8, 4) is 11.5 Å². The van der Waals surface area contributed by atoms with E-state index in [4.69, 9.17) is 16.3 Å². The first-order chi connectivity index (χ1) is 15.0. The third kappa shape index (κ3) is 4.41. The summed E-state index contributed by atoms with van der Waals surface area (Å²) in [6.45, 7) is 3.42. The van der Waals surface area contributed by atoms with Crippen LogP contribution in [0.3, 0.4) is 0 Å². The molecule has 0 radical (unpaired) electrons. The fourth-order valence-corrected chi connectivity index (χ4v) is 3.95. The average molecular weight is 442 g/mol. The zero-order valence-corrected chi connectivity index (χ0v) is 17.7. The average Bonchev–Trinajstić information content (AvgIpc) is 3.23. The second-order valence-corrected chi connectivity index (χ2v) is 7.65. The molecule has 3 aromatic rings. The van der Waals surface area contributed by atoms with Crippen LogP contribution in [0.2, 0.25) is 5.02 Å². The molecule has 31 heavy (non-hydrogen) atoms. The van der Waals surface area contributed by atoms with E-state index in [1.54, 1.807) is 36.4 Å². The minimum atomic E-state index is -0.399. The maximum atomic E-state index is 14.1. The molecule has 0 spiro atoms. The second-order valence-electron chi connectivity index (χ2n) is 7.22. The molecule has 0 aromatic heterocycles. The molecule has 3 aromatic carbocycles. The summed E-state index contributed by atoms with van der Waals surface area (Å²) in [6.07, 6.45) is 0.695. The number of hydrogen-bond acceptors (Lipinski definition) is 5. The van der Waals surface area contributed by atoms with Crippen molar-refractivity contribution in [3.05, 3.63) is 86.7 Å². The summed E-state index contributed by atoms with van der Waals surface area (Å²) in [4.78, 5) is 13.3. The van der Waals surface area contributed by atoms with E-state index in [1.165, 1.54) is 18.2 Å². The third-order valence-electron chi connectivity index (χ3n) is 5.27. The van der Waals surface area contributed by atoms with E-state index in [0.29, 0.717) is 40.7 Å². The lowest BCUT2D eigenvalue weighted by molar-refractivity contribution is -0.384. The van der Waals surface area contributed by atoms with Gasteiger partial charge in [0.1, 0.15) is 23.0 Å². The van der Waals surface area contributed by atoms with Gasteiger partial charge in [-0.2, -0.15) is 0 Å². The number of rotatable bonds is 7. The molecule has 0 atom stereocenters. The molecule has 1 aliphatic heterocycles. The molecular formula is C23H21ClFN3O3. The minimum absolute atomic E-state index is 0.0425. The zero-order valence-electron chi connectivity index (χ0n) is 16.9. The standard InChI is InChI=1S/C23H21ClFN3O3/c1-2-27(23-19-11-12-26-20(19)8-9-21(23)28(29)30)14-15-13-17(25)5-10-22(15)31-18-6-3-16(24)4-7-18/h3-10,13,26H,2,11-12,14H2,1H3. The molecule has 8 heteroatoms. The minimum Gasteiger partial charge on any atom is -0.457 e.